The van der Waals surface area contributed by atoms with Gasteiger partial charge in [0, 0.05) is 23.6 Å². The molecular formula is C20H12Cl2N6. The summed E-state index contributed by atoms with van der Waals surface area (Å²) in [7, 11) is 0. The highest BCUT2D eigenvalue weighted by atomic mass is 35.5. The second-order valence-electron chi connectivity index (χ2n) is 6.31. The maximum atomic E-state index is 6.13. The van der Waals surface area contributed by atoms with Gasteiger partial charge in [-0.2, -0.15) is 9.61 Å². The van der Waals surface area contributed by atoms with Crippen LogP contribution < -0.4 is 0 Å². The van der Waals surface area contributed by atoms with E-state index in [1.54, 1.807) is 29.0 Å². The van der Waals surface area contributed by atoms with Gasteiger partial charge in [-0.15, -0.1) is 10.2 Å². The smallest absolute Gasteiger partial charge is 0.256 e. The summed E-state index contributed by atoms with van der Waals surface area (Å²) >= 11 is 12.1. The van der Waals surface area contributed by atoms with Crippen molar-refractivity contribution < 1.29 is 0 Å². The molecule has 6 nitrogen and oxygen atoms in total. The lowest BCUT2D eigenvalue weighted by Gasteiger charge is -2.05. The Kier molecular flexibility index (Phi) is 4.15. The van der Waals surface area contributed by atoms with Crippen molar-refractivity contribution in [3.8, 4) is 11.3 Å². The first kappa shape index (κ1) is 17.0. The molecule has 0 aliphatic heterocycles. The minimum Gasteiger partial charge on any atom is -0.256 e. The van der Waals surface area contributed by atoms with Crippen molar-refractivity contribution in [2.24, 2.45) is 0 Å². The van der Waals surface area contributed by atoms with Crippen molar-refractivity contribution in [2.75, 3.05) is 0 Å². The Balaban J connectivity index is 1.54. The number of hydrogen-bond donors (Lipinski definition) is 0. The van der Waals surface area contributed by atoms with Gasteiger partial charge in [-0.25, -0.2) is 4.98 Å². The molecule has 0 N–H and O–H groups in total. The van der Waals surface area contributed by atoms with Crippen molar-refractivity contribution in [2.45, 2.75) is 6.42 Å². The maximum Gasteiger partial charge on any atom is 0.271 e. The summed E-state index contributed by atoms with van der Waals surface area (Å²) in [6.07, 6.45) is 4.01. The van der Waals surface area contributed by atoms with Gasteiger partial charge in [0.2, 0.25) is 0 Å². The van der Waals surface area contributed by atoms with E-state index >= 15 is 0 Å². The first-order valence-electron chi connectivity index (χ1n) is 8.54. The van der Waals surface area contributed by atoms with Gasteiger partial charge in [-0.05, 0) is 35.9 Å². The zero-order chi connectivity index (χ0) is 19.1. The zero-order valence-electron chi connectivity index (χ0n) is 14.4. The number of fused-ring (bicyclic) bond motifs is 2. The van der Waals surface area contributed by atoms with E-state index < -0.39 is 0 Å². The maximum absolute atomic E-state index is 6.13. The Hall–Kier alpha value is -3.09. The molecule has 0 bridgehead atoms. The second kappa shape index (κ2) is 6.82. The first-order chi connectivity index (χ1) is 13.7. The molecule has 2 aromatic carbocycles. The van der Waals surface area contributed by atoms with Gasteiger partial charge >= 0.3 is 0 Å². The molecule has 5 rings (SSSR count). The standard InChI is InChI=1S/C20H12Cl2N6/c21-15-5-4-14(10-16(15)22)18-11-24-20-26-25-19(28(20)27-18)9-12-3-6-17-13(8-12)2-1-7-23-17/h1-8,10-11H,9H2. The molecule has 3 aromatic heterocycles. The van der Waals surface area contributed by atoms with Crippen LogP contribution in [0.15, 0.2) is 60.9 Å². The molecule has 0 unspecified atom stereocenters. The topological polar surface area (TPSA) is 68.9 Å². The molecule has 3 heterocycles. The third kappa shape index (κ3) is 3.06. The van der Waals surface area contributed by atoms with Crippen LogP contribution in [0.2, 0.25) is 10.0 Å². The van der Waals surface area contributed by atoms with E-state index in [1.807, 2.05) is 30.3 Å². The lowest BCUT2D eigenvalue weighted by atomic mass is 10.1. The van der Waals surface area contributed by atoms with Crippen LogP contribution in [-0.2, 0) is 6.42 Å². The number of hydrogen-bond acceptors (Lipinski definition) is 5. The van der Waals surface area contributed by atoms with E-state index in [0.29, 0.717) is 33.8 Å². The molecule has 0 amide bonds. The normalized spacial score (nSPS) is 11.4. The zero-order valence-corrected chi connectivity index (χ0v) is 15.9. The lowest BCUT2D eigenvalue weighted by Crippen LogP contribution is -2.03. The molecule has 0 spiro atoms. The quantitative estimate of drug-likeness (QED) is 0.436. The van der Waals surface area contributed by atoms with E-state index in [-0.39, 0.29) is 0 Å². The van der Waals surface area contributed by atoms with E-state index in [4.69, 9.17) is 23.2 Å². The molecule has 0 radical (unpaired) electrons. The molecule has 0 saturated heterocycles. The second-order valence-corrected chi connectivity index (χ2v) is 7.12. The molecular weight excluding hydrogens is 395 g/mol. The number of pyridine rings is 1. The Morgan fingerprint density at radius 2 is 1.82 bits per heavy atom. The number of halogens is 2. The van der Waals surface area contributed by atoms with E-state index in [2.05, 4.69) is 31.3 Å². The van der Waals surface area contributed by atoms with Gasteiger partial charge in [-0.1, -0.05) is 41.4 Å². The third-order valence-corrected chi connectivity index (χ3v) is 5.18. The van der Waals surface area contributed by atoms with E-state index in [9.17, 15) is 0 Å². The predicted molar refractivity (Wildman–Crippen MR) is 109 cm³/mol. The van der Waals surface area contributed by atoms with Crippen LogP contribution in [0.4, 0.5) is 0 Å². The molecule has 8 heteroatoms. The number of aromatic nitrogens is 6. The fourth-order valence-electron chi connectivity index (χ4n) is 3.05. The average molecular weight is 407 g/mol. The highest BCUT2D eigenvalue weighted by Gasteiger charge is 2.12. The van der Waals surface area contributed by atoms with Gasteiger partial charge in [-0.3, -0.25) is 4.98 Å². The summed E-state index contributed by atoms with van der Waals surface area (Å²) in [6, 6.07) is 15.4. The van der Waals surface area contributed by atoms with E-state index in [1.165, 1.54) is 0 Å². The van der Waals surface area contributed by atoms with Crippen LogP contribution in [0.1, 0.15) is 11.4 Å². The van der Waals surface area contributed by atoms with Gasteiger partial charge < -0.3 is 0 Å². The molecule has 0 aliphatic carbocycles. The molecule has 28 heavy (non-hydrogen) atoms. The van der Waals surface area contributed by atoms with Crippen LogP contribution in [-0.4, -0.2) is 29.8 Å². The summed E-state index contributed by atoms with van der Waals surface area (Å²) in [5.41, 5.74) is 3.53. The van der Waals surface area contributed by atoms with Crippen LogP contribution in [0.3, 0.4) is 0 Å². The molecule has 0 fully saturated rings. The molecule has 0 saturated carbocycles. The predicted octanol–water partition coefficient (Wildman–Crippen LogP) is 4.63. The van der Waals surface area contributed by atoms with Gasteiger partial charge in [0.1, 0.15) is 5.69 Å². The van der Waals surface area contributed by atoms with Gasteiger partial charge in [0.25, 0.3) is 5.78 Å². The Labute approximate surface area is 169 Å². The number of rotatable bonds is 3. The van der Waals surface area contributed by atoms with Crippen LogP contribution in [0.25, 0.3) is 27.9 Å². The summed E-state index contributed by atoms with van der Waals surface area (Å²) in [5, 5.41) is 15.1. The Bertz CT molecular complexity index is 1330. The van der Waals surface area contributed by atoms with E-state index in [0.717, 1.165) is 22.0 Å². The van der Waals surface area contributed by atoms with Crippen LogP contribution in [0.5, 0.6) is 0 Å². The minimum absolute atomic E-state index is 0.446. The molecule has 5 aromatic rings. The van der Waals surface area contributed by atoms with Gasteiger partial charge in [0.05, 0.1) is 21.8 Å². The molecule has 136 valence electrons. The lowest BCUT2D eigenvalue weighted by molar-refractivity contribution is 0.830. The van der Waals surface area contributed by atoms with Gasteiger partial charge in [0.15, 0.2) is 5.82 Å². The fourth-order valence-corrected chi connectivity index (χ4v) is 3.35. The molecule has 0 aliphatic rings. The first-order valence-corrected chi connectivity index (χ1v) is 9.29. The van der Waals surface area contributed by atoms with Crippen molar-refractivity contribution in [1.29, 1.82) is 0 Å². The summed E-state index contributed by atoms with van der Waals surface area (Å²) in [5.74, 6) is 1.15. The summed E-state index contributed by atoms with van der Waals surface area (Å²) in [4.78, 5) is 8.71. The highest BCUT2D eigenvalue weighted by Crippen LogP contribution is 2.27. The third-order valence-electron chi connectivity index (χ3n) is 4.44. The number of benzene rings is 2. The van der Waals surface area contributed by atoms with Crippen LogP contribution in [0, 0.1) is 0 Å². The Morgan fingerprint density at radius 3 is 2.71 bits per heavy atom. The van der Waals surface area contributed by atoms with Crippen molar-refractivity contribution in [1.82, 2.24) is 29.8 Å². The minimum atomic E-state index is 0.446. The largest absolute Gasteiger partial charge is 0.271 e. The number of nitrogens with zero attached hydrogens (tertiary/aromatic N) is 6. The monoisotopic (exact) mass is 406 g/mol. The average Bonchev–Trinajstić information content (AvgIpc) is 3.12. The fraction of sp³-hybridized carbons (Fsp3) is 0.0500. The van der Waals surface area contributed by atoms with Crippen molar-refractivity contribution >= 4 is 39.9 Å². The van der Waals surface area contributed by atoms with Crippen molar-refractivity contribution in [3.05, 3.63) is 82.4 Å². The molecule has 0 atom stereocenters. The Morgan fingerprint density at radius 1 is 0.893 bits per heavy atom. The van der Waals surface area contributed by atoms with Crippen LogP contribution >= 0.6 is 23.2 Å². The highest BCUT2D eigenvalue weighted by molar-refractivity contribution is 6.42. The summed E-state index contributed by atoms with van der Waals surface area (Å²) in [6.45, 7) is 0. The SMILES string of the molecule is Clc1ccc(-c2cnc3nnc(Cc4ccc5ncccc5c4)n3n2)cc1Cl. The van der Waals surface area contributed by atoms with Crippen molar-refractivity contribution in [3.63, 3.8) is 0 Å². The summed E-state index contributed by atoms with van der Waals surface area (Å²) < 4.78 is 1.66.